The van der Waals surface area contributed by atoms with Crippen LogP contribution in [0, 0.1) is 22.9 Å². The maximum absolute atomic E-state index is 13.3. The van der Waals surface area contributed by atoms with Crippen molar-refractivity contribution in [2.45, 2.75) is 20.0 Å². The van der Waals surface area contributed by atoms with Crippen molar-refractivity contribution in [1.29, 1.82) is 0 Å². The zero-order valence-corrected chi connectivity index (χ0v) is 14.6. The number of para-hydroxylation sites is 1. The molecule has 1 N–H and O–H groups in total. The first-order valence-corrected chi connectivity index (χ1v) is 7.90. The van der Waals surface area contributed by atoms with Crippen LogP contribution >= 0.6 is 0 Å². The second kappa shape index (κ2) is 8.75. The third-order valence-corrected chi connectivity index (χ3v) is 3.53. The smallest absolute Gasteiger partial charge is 0.344 e. The Bertz CT molecular complexity index is 871. The molecule has 0 unspecified atom stereocenters. The van der Waals surface area contributed by atoms with Gasteiger partial charge in [-0.3, -0.25) is 14.9 Å². The van der Waals surface area contributed by atoms with Crippen LogP contribution in [0.15, 0.2) is 42.5 Å². The molecule has 9 heteroatoms. The van der Waals surface area contributed by atoms with Crippen LogP contribution in [0.1, 0.15) is 12.5 Å². The Labute approximate surface area is 154 Å². The minimum absolute atomic E-state index is 0.00663. The molecular formula is C18H17FN2O6. The summed E-state index contributed by atoms with van der Waals surface area (Å²) in [6.45, 7) is 2.77. The molecule has 2 aromatic carbocycles. The lowest BCUT2D eigenvalue weighted by atomic mass is 10.2. The van der Waals surface area contributed by atoms with Gasteiger partial charge in [0.25, 0.3) is 5.91 Å². The summed E-state index contributed by atoms with van der Waals surface area (Å²) in [6, 6.07) is 10.00. The molecule has 0 radical (unpaired) electrons. The first-order chi connectivity index (χ1) is 12.8. The van der Waals surface area contributed by atoms with Gasteiger partial charge in [-0.05, 0) is 37.6 Å². The summed E-state index contributed by atoms with van der Waals surface area (Å²) in [7, 11) is 0. The SMILES string of the molecule is Cc1ccccc1OCC(=O)O[C@H](C)C(=O)Nc1ccc(F)c([N+](=O)[O-])c1. The number of nitro benzene ring substituents is 1. The third-order valence-electron chi connectivity index (χ3n) is 3.53. The number of ether oxygens (including phenoxy) is 2. The number of benzene rings is 2. The number of amides is 1. The van der Waals surface area contributed by atoms with E-state index in [1.165, 1.54) is 6.92 Å². The van der Waals surface area contributed by atoms with Crippen molar-refractivity contribution in [3.05, 3.63) is 64.0 Å². The number of hydrogen-bond acceptors (Lipinski definition) is 6. The monoisotopic (exact) mass is 376 g/mol. The Morgan fingerprint density at radius 3 is 2.63 bits per heavy atom. The number of hydrogen-bond donors (Lipinski definition) is 1. The predicted molar refractivity (Wildman–Crippen MR) is 93.9 cm³/mol. The lowest BCUT2D eigenvalue weighted by molar-refractivity contribution is -0.387. The molecule has 1 atom stereocenters. The normalized spacial score (nSPS) is 11.4. The Morgan fingerprint density at radius 1 is 1.26 bits per heavy atom. The lowest BCUT2D eigenvalue weighted by Gasteiger charge is -2.14. The summed E-state index contributed by atoms with van der Waals surface area (Å²) in [5.74, 6) is -1.98. The van der Waals surface area contributed by atoms with E-state index in [1.807, 2.05) is 19.1 Å². The highest BCUT2D eigenvalue weighted by atomic mass is 19.1. The number of esters is 1. The minimum Gasteiger partial charge on any atom is -0.482 e. The quantitative estimate of drug-likeness (QED) is 0.452. The van der Waals surface area contributed by atoms with Gasteiger partial charge in [0.05, 0.1) is 4.92 Å². The highest BCUT2D eigenvalue weighted by molar-refractivity contribution is 5.95. The fourth-order valence-electron chi connectivity index (χ4n) is 2.11. The molecule has 0 fully saturated rings. The van der Waals surface area contributed by atoms with Crippen molar-refractivity contribution >= 4 is 23.3 Å². The molecule has 0 aromatic heterocycles. The summed E-state index contributed by atoms with van der Waals surface area (Å²) in [5.41, 5.74) is 0.0743. The molecular weight excluding hydrogens is 359 g/mol. The number of carbonyl (C=O) groups is 2. The van der Waals surface area contributed by atoms with Crippen LogP contribution < -0.4 is 10.1 Å². The first-order valence-electron chi connectivity index (χ1n) is 7.90. The van der Waals surface area contributed by atoms with Crippen LogP contribution in [0.2, 0.25) is 0 Å². The van der Waals surface area contributed by atoms with E-state index in [9.17, 15) is 24.1 Å². The van der Waals surface area contributed by atoms with Gasteiger partial charge in [-0.1, -0.05) is 18.2 Å². The third kappa shape index (κ3) is 5.50. The summed E-state index contributed by atoms with van der Waals surface area (Å²) >= 11 is 0. The fraction of sp³-hybridized carbons (Fsp3) is 0.222. The summed E-state index contributed by atoms with van der Waals surface area (Å²) in [4.78, 5) is 33.7. The zero-order valence-electron chi connectivity index (χ0n) is 14.6. The molecule has 27 heavy (non-hydrogen) atoms. The maximum Gasteiger partial charge on any atom is 0.344 e. The van der Waals surface area contributed by atoms with Crippen LogP contribution in [0.5, 0.6) is 5.75 Å². The van der Waals surface area contributed by atoms with E-state index in [4.69, 9.17) is 9.47 Å². The molecule has 142 valence electrons. The van der Waals surface area contributed by atoms with Gasteiger partial charge in [0.15, 0.2) is 12.7 Å². The molecule has 1 amide bonds. The second-order valence-corrected chi connectivity index (χ2v) is 5.60. The van der Waals surface area contributed by atoms with Crippen molar-refractivity contribution in [2.24, 2.45) is 0 Å². The Balaban J connectivity index is 1.90. The Hall–Kier alpha value is -3.49. The van der Waals surface area contributed by atoms with Crippen LogP contribution in [0.3, 0.4) is 0 Å². The van der Waals surface area contributed by atoms with Gasteiger partial charge >= 0.3 is 11.7 Å². The number of anilines is 1. The van der Waals surface area contributed by atoms with Crippen molar-refractivity contribution in [2.75, 3.05) is 11.9 Å². The maximum atomic E-state index is 13.3. The van der Waals surface area contributed by atoms with Gasteiger partial charge in [-0.25, -0.2) is 4.79 Å². The van der Waals surface area contributed by atoms with Gasteiger partial charge in [0.2, 0.25) is 5.82 Å². The largest absolute Gasteiger partial charge is 0.482 e. The summed E-state index contributed by atoms with van der Waals surface area (Å²) in [5, 5.41) is 13.0. The number of carbonyl (C=O) groups excluding carboxylic acids is 2. The van der Waals surface area contributed by atoms with E-state index < -0.39 is 34.4 Å². The molecule has 2 rings (SSSR count). The molecule has 0 saturated carbocycles. The average Bonchev–Trinajstić information content (AvgIpc) is 2.62. The average molecular weight is 376 g/mol. The molecule has 0 saturated heterocycles. The van der Waals surface area contributed by atoms with Gasteiger partial charge in [0.1, 0.15) is 5.75 Å². The molecule has 0 spiro atoms. The fourth-order valence-corrected chi connectivity index (χ4v) is 2.11. The van der Waals surface area contributed by atoms with E-state index in [-0.39, 0.29) is 12.3 Å². The summed E-state index contributed by atoms with van der Waals surface area (Å²) in [6.07, 6.45) is -1.18. The Kier molecular flexibility index (Phi) is 6.42. The summed E-state index contributed by atoms with van der Waals surface area (Å²) < 4.78 is 23.6. The van der Waals surface area contributed by atoms with Crippen LogP contribution in [-0.4, -0.2) is 29.5 Å². The molecule has 0 aliphatic carbocycles. The van der Waals surface area contributed by atoms with Gasteiger partial charge < -0.3 is 14.8 Å². The van der Waals surface area contributed by atoms with Crippen LogP contribution in [-0.2, 0) is 14.3 Å². The van der Waals surface area contributed by atoms with Crippen molar-refractivity contribution < 1.29 is 28.4 Å². The Morgan fingerprint density at radius 2 is 1.96 bits per heavy atom. The van der Waals surface area contributed by atoms with E-state index in [0.29, 0.717) is 5.75 Å². The standard InChI is InChI=1S/C18H17FN2O6/c1-11-5-3-4-6-16(11)26-10-17(22)27-12(2)18(23)20-13-7-8-14(19)15(9-13)21(24)25/h3-9,12H,10H2,1-2H3,(H,20,23)/t12-/m1/s1. The van der Waals surface area contributed by atoms with E-state index in [0.717, 1.165) is 23.8 Å². The highest BCUT2D eigenvalue weighted by Gasteiger charge is 2.20. The van der Waals surface area contributed by atoms with E-state index >= 15 is 0 Å². The van der Waals surface area contributed by atoms with E-state index in [1.54, 1.807) is 12.1 Å². The lowest BCUT2D eigenvalue weighted by Crippen LogP contribution is -2.31. The predicted octanol–water partition coefficient (Wildman–Crippen LogP) is 2.99. The topological polar surface area (TPSA) is 108 Å². The van der Waals surface area contributed by atoms with Crippen molar-refractivity contribution in [3.63, 3.8) is 0 Å². The zero-order chi connectivity index (χ0) is 20.0. The van der Waals surface area contributed by atoms with Gasteiger partial charge in [-0.15, -0.1) is 0 Å². The molecule has 0 aliphatic heterocycles. The molecule has 2 aromatic rings. The number of nitrogens with one attached hydrogen (secondary N) is 1. The number of nitro groups is 1. The second-order valence-electron chi connectivity index (χ2n) is 5.60. The van der Waals surface area contributed by atoms with Crippen molar-refractivity contribution in [1.82, 2.24) is 0 Å². The first kappa shape index (κ1) is 19.8. The van der Waals surface area contributed by atoms with Crippen LogP contribution in [0.4, 0.5) is 15.8 Å². The van der Waals surface area contributed by atoms with Crippen molar-refractivity contribution in [3.8, 4) is 5.75 Å². The van der Waals surface area contributed by atoms with Gasteiger partial charge in [0, 0.05) is 11.8 Å². The van der Waals surface area contributed by atoms with E-state index in [2.05, 4.69) is 5.32 Å². The number of aryl methyl sites for hydroxylation is 1. The molecule has 0 bridgehead atoms. The molecule has 0 heterocycles. The number of rotatable bonds is 7. The number of nitrogens with zero attached hydrogens (tertiary/aromatic N) is 1. The molecule has 0 aliphatic rings. The minimum atomic E-state index is -1.18. The highest BCUT2D eigenvalue weighted by Crippen LogP contribution is 2.22. The van der Waals surface area contributed by atoms with Crippen LogP contribution in [0.25, 0.3) is 0 Å². The van der Waals surface area contributed by atoms with Gasteiger partial charge in [-0.2, -0.15) is 4.39 Å². The number of halogens is 1. The molecule has 8 nitrogen and oxygen atoms in total.